The summed E-state index contributed by atoms with van der Waals surface area (Å²) in [5, 5.41) is 10.5. The Morgan fingerprint density at radius 1 is 1.24 bits per heavy atom. The van der Waals surface area contributed by atoms with E-state index in [1.54, 1.807) is 49.7 Å². The first-order chi connectivity index (χ1) is 14.1. The molecule has 3 aromatic rings. The maximum atomic E-state index is 13.0. The molecule has 2 N–H and O–H groups in total. The molecule has 1 fully saturated rings. The summed E-state index contributed by atoms with van der Waals surface area (Å²) >= 11 is 6.26. The highest BCUT2D eigenvalue weighted by atomic mass is 35.5. The van der Waals surface area contributed by atoms with Crippen LogP contribution in [0.15, 0.2) is 42.7 Å². The number of anilines is 2. The number of hydrogen-bond donors (Lipinski definition) is 2. The molecular weight excluding hydrogens is 394 g/mol. The number of aromatic amines is 1. The van der Waals surface area contributed by atoms with Crippen LogP contribution < -0.4 is 19.7 Å². The van der Waals surface area contributed by atoms with E-state index in [1.165, 1.54) is 0 Å². The van der Waals surface area contributed by atoms with E-state index >= 15 is 0 Å². The minimum absolute atomic E-state index is 0.0745. The van der Waals surface area contributed by atoms with E-state index in [2.05, 4.69) is 20.5 Å². The summed E-state index contributed by atoms with van der Waals surface area (Å²) in [6.45, 7) is 0.541. The number of carbonyl (C=O) groups excluding carboxylic acids is 1. The molecule has 0 spiro atoms. The van der Waals surface area contributed by atoms with Gasteiger partial charge < -0.3 is 14.8 Å². The van der Waals surface area contributed by atoms with Crippen LogP contribution in [0.2, 0.25) is 5.02 Å². The first-order valence-electron chi connectivity index (χ1n) is 9.06. The smallest absolute Gasteiger partial charge is 0.250 e. The van der Waals surface area contributed by atoms with Gasteiger partial charge >= 0.3 is 0 Å². The number of ether oxygens (including phenoxy) is 2. The van der Waals surface area contributed by atoms with Crippen LogP contribution in [0.5, 0.6) is 11.6 Å². The van der Waals surface area contributed by atoms with Crippen molar-refractivity contribution in [1.29, 1.82) is 0 Å². The first kappa shape index (κ1) is 19.1. The summed E-state index contributed by atoms with van der Waals surface area (Å²) in [5.74, 6) is 1.57. The summed E-state index contributed by atoms with van der Waals surface area (Å²) in [5.41, 5.74) is 2.32. The highest BCUT2D eigenvalue weighted by Crippen LogP contribution is 2.33. The zero-order chi connectivity index (χ0) is 20.4. The van der Waals surface area contributed by atoms with Crippen molar-refractivity contribution in [1.82, 2.24) is 15.2 Å². The van der Waals surface area contributed by atoms with Crippen molar-refractivity contribution in [3.05, 3.63) is 47.7 Å². The Morgan fingerprint density at radius 3 is 2.83 bits per heavy atom. The van der Waals surface area contributed by atoms with E-state index < -0.39 is 6.04 Å². The maximum absolute atomic E-state index is 13.0. The summed E-state index contributed by atoms with van der Waals surface area (Å²) < 4.78 is 10.7. The Hall–Kier alpha value is -3.26. The van der Waals surface area contributed by atoms with Gasteiger partial charge in [-0.1, -0.05) is 11.6 Å². The number of H-pyrrole nitrogens is 1. The zero-order valence-corrected chi connectivity index (χ0v) is 16.7. The van der Waals surface area contributed by atoms with Gasteiger partial charge in [-0.15, -0.1) is 0 Å². The van der Waals surface area contributed by atoms with E-state index in [9.17, 15) is 4.79 Å². The van der Waals surface area contributed by atoms with Crippen LogP contribution in [-0.4, -0.2) is 47.9 Å². The average molecular weight is 414 g/mol. The van der Waals surface area contributed by atoms with Crippen molar-refractivity contribution in [2.24, 2.45) is 0 Å². The van der Waals surface area contributed by atoms with Gasteiger partial charge in [0.15, 0.2) is 0 Å². The molecule has 8 nitrogen and oxygen atoms in total. The SMILES string of the molecule is COc1ccc(Cl)c(NC2CCN(c3ccc(-c4cn[nH]c4)c(OC)n3)C2=O)c1. The summed E-state index contributed by atoms with van der Waals surface area (Å²) in [7, 11) is 3.14. The lowest BCUT2D eigenvalue weighted by atomic mass is 10.1. The van der Waals surface area contributed by atoms with Gasteiger partial charge in [-0.2, -0.15) is 10.1 Å². The fraction of sp³-hybridized carbons (Fsp3) is 0.250. The lowest BCUT2D eigenvalue weighted by molar-refractivity contribution is -0.117. The normalized spacial score (nSPS) is 16.2. The largest absolute Gasteiger partial charge is 0.497 e. The number of benzene rings is 1. The van der Waals surface area contributed by atoms with Gasteiger partial charge in [-0.25, -0.2) is 0 Å². The monoisotopic (exact) mass is 413 g/mol. The Balaban J connectivity index is 1.55. The Kier molecular flexibility index (Phi) is 5.26. The molecule has 150 valence electrons. The molecule has 4 rings (SSSR count). The van der Waals surface area contributed by atoms with Crippen molar-refractivity contribution >= 4 is 29.0 Å². The second-order valence-electron chi connectivity index (χ2n) is 6.53. The van der Waals surface area contributed by atoms with E-state index in [4.69, 9.17) is 21.1 Å². The summed E-state index contributed by atoms with van der Waals surface area (Å²) in [6, 6.07) is 8.57. The van der Waals surface area contributed by atoms with E-state index in [0.29, 0.717) is 41.1 Å². The molecule has 1 aliphatic rings. The quantitative estimate of drug-likeness (QED) is 0.643. The second-order valence-corrected chi connectivity index (χ2v) is 6.94. The van der Waals surface area contributed by atoms with E-state index in [-0.39, 0.29) is 5.91 Å². The maximum Gasteiger partial charge on any atom is 0.250 e. The van der Waals surface area contributed by atoms with Crippen molar-refractivity contribution in [3.63, 3.8) is 0 Å². The molecule has 9 heteroatoms. The summed E-state index contributed by atoms with van der Waals surface area (Å²) in [6.07, 6.45) is 4.08. The minimum Gasteiger partial charge on any atom is -0.497 e. The lowest BCUT2D eigenvalue weighted by Gasteiger charge is -2.19. The predicted octanol–water partition coefficient (Wildman–Crippen LogP) is 3.36. The number of pyridine rings is 1. The average Bonchev–Trinajstić information content (AvgIpc) is 3.40. The van der Waals surface area contributed by atoms with Crippen molar-refractivity contribution < 1.29 is 14.3 Å². The predicted molar refractivity (Wildman–Crippen MR) is 111 cm³/mol. The van der Waals surface area contributed by atoms with Crippen molar-refractivity contribution in [2.45, 2.75) is 12.5 Å². The van der Waals surface area contributed by atoms with Gasteiger partial charge in [0.2, 0.25) is 5.88 Å². The van der Waals surface area contributed by atoms with Gasteiger partial charge in [-0.05, 0) is 30.7 Å². The van der Waals surface area contributed by atoms with E-state index in [0.717, 1.165) is 11.1 Å². The number of aromatic nitrogens is 3. The van der Waals surface area contributed by atoms with Crippen LogP contribution in [0.4, 0.5) is 11.5 Å². The van der Waals surface area contributed by atoms with Crippen LogP contribution in [0.1, 0.15) is 6.42 Å². The Morgan fingerprint density at radius 2 is 2.10 bits per heavy atom. The van der Waals surface area contributed by atoms with Gasteiger partial charge in [0.05, 0.1) is 31.1 Å². The van der Waals surface area contributed by atoms with Crippen molar-refractivity contribution in [2.75, 3.05) is 31.0 Å². The number of methoxy groups -OCH3 is 2. The second kappa shape index (κ2) is 8.00. The molecule has 0 aliphatic carbocycles. The lowest BCUT2D eigenvalue weighted by Crippen LogP contribution is -2.34. The number of nitrogens with zero attached hydrogens (tertiary/aromatic N) is 3. The fourth-order valence-electron chi connectivity index (χ4n) is 3.33. The van der Waals surface area contributed by atoms with Crippen LogP contribution in [-0.2, 0) is 4.79 Å². The molecular formula is C20H20ClN5O3. The number of nitrogens with one attached hydrogen (secondary N) is 2. The Bertz CT molecular complexity index is 1020. The highest BCUT2D eigenvalue weighted by molar-refractivity contribution is 6.33. The van der Waals surface area contributed by atoms with Gasteiger partial charge in [0.1, 0.15) is 17.6 Å². The van der Waals surface area contributed by atoms with Crippen LogP contribution >= 0.6 is 11.6 Å². The molecule has 0 radical (unpaired) electrons. The van der Waals surface area contributed by atoms with Crippen LogP contribution in [0, 0.1) is 0 Å². The molecule has 2 aromatic heterocycles. The molecule has 3 heterocycles. The van der Waals surface area contributed by atoms with Gasteiger partial charge in [0.25, 0.3) is 5.91 Å². The highest BCUT2D eigenvalue weighted by Gasteiger charge is 2.34. The summed E-state index contributed by atoms with van der Waals surface area (Å²) in [4.78, 5) is 19.2. The minimum atomic E-state index is -0.402. The third-order valence-corrected chi connectivity index (χ3v) is 5.16. The molecule has 1 amide bonds. The zero-order valence-electron chi connectivity index (χ0n) is 16.0. The fourth-order valence-corrected chi connectivity index (χ4v) is 3.50. The van der Waals surface area contributed by atoms with Gasteiger partial charge in [0, 0.05) is 29.9 Å². The van der Waals surface area contributed by atoms with Crippen molar-refractivity contribution in [3.8, 4) is 22.8 Å². The molecule has 29 heavy (non-hydrogen) atoms. The number of amides is 1. The van der Waals surface area contributed by atoms with E-state index in [1.807, 2.05) is 12.1 Å². The number of halogens is 1. The van der Waals surface area contributed by atoms with Crippen LogP contribution in [0.3, 0.4) is 0 Å². The third kappa shape index (κ3) is 3.71. The number of hydrogen-bond acceptors (Lipinski definition) is 6. The molecule has 1 saturated heterocycles. The number of carbonyl (C=O) groups is 1. The van der Waals surface area contributed by atoms with Crippen LogP contribution in [0.25, 0.3) is 11.1 Å². The molecule has 1 aliphatic heterocycles. The molecule has 1 atom stereocenters. The number of rotatable bonds is 6. The first-order valence-corrected chi connectivity index (χ1v) is 9.44. The van der Waals surface area contributed by atoms with Gasteiger partial charge in [-0.3, -0.25) is 14.8 Å². The molecule has 0 bridgehead atoms. The topological polar surface area (TPSA) is 92.4 Å². The molecule has 0 saturated carbocycles. The third-order valence-electron chi connectivity index (χ3n) is 4.83. The Labute approximate surface area is 172 Å². The molecule has 1 aromatic carbocycles. The molecule has 1 unspecified atom stereocenters. The standard InChI is InChI=1S/C20H20ClN5O3/c1-28-13-3-5-15(21)17(9-13)24-16-7-8-26(20(16)27)18-6-4-14(19(25-18)29-2)12-10-22-23-11-12/h3-6,9-11,16,24H,7-8H2,1-2H3,(H,22,23).